The lowest BCUT2D eigenvalue weighted by Crippen LogP contribution is -2.14. The molecule has 0 bridgehead atoms. The number of phenols is 1. The van der Waals surface area contributed by atoms with Gasteiger partial charge in [-0.15, -0.1) is 0 Å². The van der Waals surface area contributed by atoms with Gasteiger partial charge in [0.15, 0.2) is 0 Å². The Morgan fingerprint density at radius 1 is 0.686 bits per heavy atom. The summed E-state index contributed by atoms with van der Waals surface area (Å²) in [6.07, 6.45) is 3.03. The molecule has 2 amide bonds. The van der Waals surface area contributed by atoms with Gasteiger partial charge in [0, 0.05) is 42.9 Å². The van der Waals surface area contributed by atoms with Crippen LogP contribution in [-0.2, 0) is 19.7 Å². The molecule has 0 aromatic heterocycles. The van der Waals surface area contributed by atoms with Crippen molar-refractivity contribution in [3.05, 3.63) is 116 Å². The number of phenolic OH excluding ortho intramolecular Hbond substituents is 1. The van der Waals surface area contributed by atoms with E-state index in [1.807, 2.05) is 0 Å². The minimum absolute atomic E-state index is 0.00832. The van der Waals surface area contributed by atoms with Gasteiger partial charge >= 0.3 is 0 Å². The summed E-state index contributed by atoms with van der Waals surface area (Å²) in [4.78, 5) is 25.1. The Morgan fingerprint density at radius 3 is 1.65 bits per heavy atom. The van der Waals surface area contributed by atoms with Crippen LogP contribution in [0.15, 0.2) is 93.4 Å². The molecule has 17 heteroatoms. The zero-order valence-electron chi connectivity index (χ0n) is 26.1. The number of carbonyl (C=O) groups is 2. The van der Waals surface area contributed by atoms with Crippen LogP contribution in [-0.4, -0.2) is 62.7 Å². The summed E-state index contributed by atoms with van der Waals surface area (Å²) in [7, 11) is -6.88. The predicted molar refractivity (Wildman–Crippen MR) is 206 cm³/mol. The van der Waals surface area contributed by atoms with Gasteiger partial charge in [0.1, 0.15) is 11.5 Å². The molecule has 4 aromatic carbocycles. The van der Waals surface area contributed by atoms with Crippen molar-refractivity contribution in [2.75, 3.05) is 34.5 Å². The molecule has 0 saturated carbocycles. The van der Waals surface area contributed by atoms with Crippen LogP contribution < -0.4 is 15.4 Å². The zero-order chi connectivity index (χ0) is 37.3. The Labute approximate surface area is 321 Å². The van der Waals surface area contributed by atoms with E-state index in [0.29, 0.717) is 55.6 Å². The van der Waals surface area contributed by atoms with Crippen molar-refractivity contribution in [3.8, 4) is 11.5 Å². The number of anilines is 2. The quantitative estimate of drug-likeness (QED) is 0.130. The van der Waals surface area contributed by atoms with Gasteiger partial charge in [-0.1, -0.05) is 67.2 Å². The summed E-state index contributed by atoms with van der Waals surface area (Å²) in [6, 6.07) is 18.2. The highest BCUT2D eigenvalue weighted by molar-refractivity contribution is 9.09. The predicted octanol–water partition coefficient (Wildman–Crippen LogP) is 7.55. The van der Waals surface area contributed by atoms with Gasteiger partial charge in [-0.3, -0.25) is 9.59 Å². The first-order valence-electron chi connectivity index (χ1n) is 14.6. The van der Waals surface area contributed by atoms with Crippen LogP contribution in [0.25, 0.3) is 12.2 Å². The topological polar surface area (TPSA) is 176 Å². The van der Waals surface area contributed by atoms with E-state index in [1.54, 1.807) is 36.4 Å². The molecule has 2 heterocycles. The average Bonchev–Trinajstić information content (AvgIpc) is 3.58. The summed E-state index contributed by atoms with van der Waals surface area (Å²) in [5.74, 6) is -0.826. The number of halogens is 4. The Bertz CT molecular complexity index is 2250. The number of alkyl halides is 2. The highest BCUT2D eigenvalue weighted by atomic mass is 79.9. The molecule has 2 aliphatic rings. The molecule has 0 saturated heterocycles. The van der Waals surface area contributed by atoms with E-state index >= 15 is 0 Å². The zero-order valence-corrected chi connectivity index (χ0v) is 32.5. The summed E-state index contributed by atoms with van der Waals surface area (Å²) >= 11 is 18.0. The maximum Gasteiger partial charge on any atom is 0.259 e. The largest absolute Gasteiger partial charge is 0.507 e. The molecule has 2 aliphatic heterocycles. The van der Waals surface area contributed by atoms with Crippen molar-refractivity contribution >= 4 is 110 Å². The van der Waals surface area contributed by atoms with Gasteiger partial charge in [0.05, 0.1) is 34.1 Å². The summed E-state index contributed by atoms with van der Waals surface area (Å²) < 4.78 is 53.0. The number of carbonyl (C=O) groups excluding carboxylic acids is 2. The maximum absolute atomic E-state index is 12.6. The third-order valence-corrected chi connectivity index (χ3v) is 10.9. The van der Waals surface area contributed by atoms with Crippen LogP contribution >= 0.6 is 55.1 Å². The highest BCUT2D eigenvalue weighted by Gasteiger charge is 2.23. The molecule has 4 aromatic rings. The number of ether oxygens (including phenoxy) is 1. The number of aromatic hydroxyl groups is 1. The molecule has 51 heavy (non-hydrogen) atoms. The number of rotatable bonds is 8. The molecular weight excluding hydrogens is 875 g/mol. The Hall–Kier alpha value is -3.70. The minimum atomic E-state index is -3.45. The normalized spacial score (nSPS) is 13.8. The van der Waals surface area contributed by atoms with E-state index in [0.717, 1.165) is 10.8 Å². The minimum Gasteiger partial charge on any atom is -0.507 e. The third kappa shape index (κ3) is 10.4. The monoisotopic (exact) mass is 900 g/mol. The maximum atomic E-state index is 12.6. The lowest BCUT2D eigenvalue weighted by Gasteiger charge is -2.12. The van der Waals surface area contributed by atoms with Crippen LogP contribution in [0, 0.1) is 0 Å². The first-order valence-corrected chi connectivity index (χ1v) is 20.7. The Kier molecular flexibility index (Phi) is 13.9. The van der Waals surface area contributed by atoms with Crippen molar-refractivity contribution in [2.24, 2.45) is 0 Å². The molecule has 0 atom stereocenters. The number of hydrogen-bond acceptors (Lipinski definition) is 9. The second-order valence-corrected chi connectivity index (χ2v) is 16.4. The number of aliphatic hydroxyl groups excluding tert-OH is 1. The SMILES string of the molecule is O=C(Nc1ccc2c(c1)S(=O)(=O)C=C2)c1cc(Cl)ccc1O.O=C(Nc1ccc2c(c1)S(=O)(=O)C=C2)c1cc(Cl)ccc1OCCBr.OCCBr. The fourth-order valence-electron chi connectivity index (χ4n) is 4.51. The molecule has 4 N–H and O–H groups in total. The molecule has 0 fully saturated rings. The van der Waals surface area contributed by atoms with Crippen LogP contribution in [0.2, 0.25) is 10.0 Å². The highest BCUT2D eigenvalue weighted by Crippen LogP contribution is 2.32. The van der Waals surface area contributed by atoms with Gasteiger partial charge in [-0.25, -0.2) is 16.8 Å². The summed E-state index contributed by atoms with van der Waals surface area (Å²) in [5, 5.41) is 27.0. The first-order chi connectivity index (χ1) is 24.2. The number of hydrogen-bond donors (Lipinski definition) is 4. The third-order valence-electron chi connectivity index (χ3n) is 6.82. The van der Waals surface area contributed by atoms with E-state index in [-0.39, 0.29) is 33.3 Å². The second-order valence-electron chi connectivity index (χ2n) is 10.4. The number of nitrogens with one attached hydrogen (secondary N) is 2. The first kappa shape index (κ1) is 40.1. The molecule has 0 spiro atoms. The smallest absolute Gasteiger partial charge is 0.259 e. The lowest BCUT2D eigenvalue weighted by atomic mass is 10.1. The molecule has 0 unspecified atom stereocenters. The van der Waals surface area contributed by atoms with Gasteiger partial charge in [0.25, 0.3) is 11.8 Å². The summed E-state index contributed by atoms with van der Waals surface area (Å²) in [6.45, 7) is 0.630. The van der Waals surface area contributed by atoms with Crippen LogP contribution in [0.4, 0.5) is 11.4 Å². The van der Waals surface area contributed by atoms with Gasteiger partial charge in [-0.05, 0) is 83.9 Å². The summed E-state index contributed by atoms with van der Waals surface area (Å²) in [5.41, 5.74) is 2.15. The molecule has 0 aliphatic carbocycles. The van der Waals surface area contributed by atoms with Crippen LogP contribution in [0.1, 0.15) is 31.8 Å². The number of benzene rings is 4. The fraction of sp³-hybridized carbons (Fsp3) is 0.118. The number of sulfone groups is 2. The lowest BCUT2D eigenvalue weighted by molar-refractivity contribution is 0.101. The number of fused-ring (bicyclic) bond motifs is 2. The van der Waals surface area contributed by atoms with Gasteiger partial charge in [0.2, 0.25) is 19.7 Å². The molecule has 11 nitrogen and oxygen atoms in total. The van der Waals surface area contributed by atoms with Crippen molar-refractivity contribution in [3.63, 3.8) is 0 Å². The van der Waals surface area contributed by atoms with E-state index in [2.05, 4.69) is 42.5 Å². The van der Waals surface area contributed by atoms with E-state index in [1.165, 1.54) is 48.6 Å². The average molecular weight is 903 g/mol. The van der Waals surface area contributed by atoms with E-state index in [4.69, 9.17) is 33.0 Å². The molecule has 6 rings (SSSR count). The number of aliphatic hydroxyl groups is 1. The molecule has 0 radical (unpaired) electrons. The van der Waals surface area contributed by atoms with Crippen LogP contribution in [0.3, 0.4) is 0 Å². The Morgan fingerprint density at radius 2 is 1.16 bits per heavy atom. The van der Waals surface area contributed by atoms with Crippen molar-refractivity contribution in [2.45, 2.75) is 9.79 Å². The second kappa shape index (κ2) is 17.7. The van der Waals surface area contributed by atoms with Gasteiger partial charge < -0.3 is 25.6 Å². The molecule has 268 valence electrons. The number of amides is 2. The van der Waals surface area contributed by atoms with Gasteiger partial charge in [-0.2, -0.15) is 0 Å². The van der Waals surface area contributed by atoms with E-state index in [9.17, 15) is 31.5 Å². The van der Waals surface area contributed by atoms with Crippen LogP contribution in [0.5, 0.6) is 11.5 Å². The fourth-order valence-corrected chi connectivity index (χ4v) is 7.47. The standard InChI is InChI=1S/C17H13BrClNO4S.C15H10ClNO4S.C2H5BrO/c18-6-7-24-15-4-2-12(19)9-14(15)17(21)20-13-3-1-11-5-8-25(22,23)16(11)10-13;16-10-2-4-13(18)12(7-10)15(19)17-11-3-1-9-5-6-22(20,21)14(9)8-11;3-1-2-4/h1-5,8-10H,6-7H2,(H,20,21);1-8,18H,(H,17,19);4H,1-2H2. The van der Waals surface area contributed by atoms with Crippen molar-refractivity contribution in [1.29, 1.82) is 0 Å². The molecular formula is C34H28Br2Cl2N2O9S2. The van der Waals surface area contributed by atoms with E-state index < -0.39 is 31.5 Å². The Balaban J connectivity index is 0.000000208. The van der Waals surface area contributed by atoms with Crippen molar-refractivity contribution in [1.82, 2.24) is 0 Å². The van der Waals surface area contributed by atoms with Crippen molar-refractivity contribution < 1.29 is 41.4 Å².